The molecule has 0 unspecified atom stereocenters. The molecule has 0 bridgehead atoms. The van der Waals surface area contributed by atoms with E-state index in [1.165, 1.54) is 18.0 Å². The zero-order valence-electron chi connectivity index (χ0n) is 17.7. The number of nitrogens with zero attached hydrogens (tertiary/aromatic N) is 4. The number of nitrogens with one attached hydrogen (secondary N) is 2. The van der Waals surface area contributed by atoms with Gasteiger partial charge in [0, 0.05) is 56.7 Å². The number of hydrogen-bond donors (Lipinski definition) is 2. The Morgan fingerprint density at radius 2 is 1.67 bits per heavy atom. The first kappa shape index (κ1) is 21.7. The van der Waals surface area contributed by atoms with E-state index in [-0.39, 0.29) is 18.1 Å². The minimum atomic E-state index is -0.977. The normalized spacial score (nSPS) is 18.6. The van der Waals surface area contributed by atoms with Gasteiger partial charge >= 0.3 is 6.03 Å². The van der Waals surface area contributed by atoms with Crippen LogP contribution in [-0.4, -0.2) is 49.2 Å². The number of amides is 2. The third kappa shape index (κ3) is 5.34. The van der Waals surface area contributed by atoms with Crippen LogP contribution in [0.1, 0.15) is 31.4 Å². The van der Waals surface area contributed by atoms with Crippen molar-refractivity contribution in [2.75, 3.05) is 36.3 Å². The highest BCUT2D eigenvalue weighted by atomic mass is 19.2. The van der Waals surface area contributed by atoms with Crippen molar-refractivity contribution in [3.63, 3.8) is 0 Å². The number of urea groups is 1. The number of aromatic nitrogens is 2. The average molecular weight is 418 g/mol. The van der Waals surface area contributed by atoms with Crippen molar-refractivity contribution in [3.8, 4) is 0 Å². The molecule has 0 spiro atoms. The summed E-state index contributed by atoms with van der Waals surface area (Å²) in [7, 11) is 5.42. The molecule has 0 saturated heterocycles. The molecule has 1 saturated carbocycles. The summed E-state index contributed by atoms with van der Waals surface area (Å²) >= 11 is 0. The predicted octanol–water partition coefficient (Wildman–Crippen LogP) is 3.70. The summed E-state index contributed by atoms with van der Waals surface area (Å²) in [5.74, 6) is -0.446. The highest BCUT2D eigenvalue weighted by molar-refractivity contribution is 5.91. The van der Waals surface area contributed by atoms with Gasteiger partial charge in [0.05, 0.1) is 0 Å². The lowest BCUT2D eigenvalue weighted by Gasteiger charge is -2.31. The Balaban J connectivity index is 1.52. The molecule has 1 aromatic carbocycles. The molecule has 1 aliphatic carbocycles. The smallest absolute Gasteiger partial charge is 0.321 e. The largest absolute Gasteiger partial charge is 0.363 e. The van der Waals surface area contributed by atoms with Gasteiger partial charge in [-0.2, -0.15) is 4.98 Å². The van der Waals surface area contributed by atoms with E-state index in [1.807, 2.05) is 32.0 Å². The fourth-order valence-corrected chi connectivity index (χ4v) is 3.49. The number of rotatable bonds is 5. The Morgan fingerprint density at radius 1 is 1.00 bits per heavy atom. The zero-order valence-corrected chi connectivity index (χ0v) is 17.7. The average Bonchev–Trinajstić information content (AvgIpc) is 2.70. The topological polar surface area (TPSA) is 73.4 Å². The van der Waals surface area contributed by atoms with Crippen LogP contribution in [0.5, 0.6) is 0 Å². The molecule has 1 fully saturated rings. The molecule has 2 N–H and O–H groups in total. The monoisotopic (exact) mass is 418 g/mol. The standard InChI is InChI=1S/C21H28F2N6O/c1-13-11-19(28(2)3)27-20(24-13)25-14-5-7-15(8-6-14)26-21(30)29(4)16-9-10-17(22)18(23)12-16/h9-12,14-15H,5-8H2,1-4H3,(H,26,30)(H,24,25,27). The number of carbonyl (C=O) groups excluding carboxylic acids is 1. The molecule has 7 nitrogen and oxygen atoms in total. The third-order valence-electron chi connectivity index (χ3n) is 5.28. The van der Waals surface area contributed by atoms with Crippen LogP contribution in [0.2, 0.25) is 0 Å². The quantitative estimate of drug-likeness (QED) is 0.775. The van der Waals surface area contributed by atoms with Crippen molar-refractivity contribution in [3.05, 3.63) is 41.6 Å². The van der Waals surface area contributed by atoms with Crippen molar-refractivity contribution >= 4 is 23.5 Å². The van der Waals surface area contributed by atoms with Gasteiger partial charge in [0.25, 0.3) is 0 Å². The van der Waals surface area contributed by atoms with Gasteiger partial charge in [0.15, 0.2) is 11.6 Å². The van der Waals surface area contributed by atoms with Gasteiger partial charge in [-0.25, -0.2) is 18.6 Å². The molecule has 2 amide bonds. The van der Waals surface area contributed by atoms with Crippen LogP contribution in [0, 0.1) is 18.6 Å². The van der Waals surface area contributed by atoms with Crippen molar-refractivity contribution < 1.29 is 13.6 Å². The number of aryl methyl sites for hydroxylation is 1. The molecule has 1 heterocycles. The molecule has 0 atom stereocenters. The highest BCUT2D eigenvalue weighted by Crippen LogP contribution is 2.23. The molecule has 0 radical (unpaired) electrons. The maximum Gasteiger partial charge on any atom is 0.321 e. The van der Waals surface area contributed by atoms with Crippen LogP contribution in [0.25, 0.3) is 0 Å². The van der Waals surface area contributed by atoms with Gasteiger partial charge in [-0.1, -0.05) is 0 Å². The Kier molecular flexibility index (Phi) is 6.69. The lowest BCUT2D eigenvalue weighted by molar-refractivity contribution is 0.238. The molecule has 162 valence electrons. The summed E-state index contributed by atoms with van der Waals surface area (Å²) in [5.41, 5.74) is 1.20. The molecule has 3 rings (SSSR count). The van der Waals surface area contributed by atoms with Gasteiger partial charge in [0.2, 0.25) is 5.95 Å². The first-order chi connectivity index (χ1) is 14.2. The van der Waals surface area contributed by atoms with E-state index in [0.717, 1.165) is 49.3 Å². The second-order valence-electron chi connectivity index (χ2n) is 7.89. The van der Waals surface area contributed by atoms with E-state index in [4.69, 9.17) is 0 Å². The SMILES string of the molecule is Cc1cc(N(C)C)nc(NC2CCC(NC(=O)N(C)c3ccc(F)c(F)c3)CC2)n1. The Hall–Kier alpha value is -2.97. The number of carbonyl (C=O) groups is 1. The second kappa shape index (κ2) is 9.23. The van der Waals surface area contributed by atoms with Gasteiger partial charge < -0.3 is 15.5 Å². The molecular weight excluding hydrogens is 390 g/mol. The summed E-state index contributed by atoms with van der Waals surface area (Å²) in [4.78, 5) is 24.7. The predicted molar refractivity (Wildman–Crippen MR) is 114 cm³/mol. The van der Waals surface area contributed by atoms with E-state index in [2.05, 4.69) is 20.6 Å². The van der Waals surface area contributed by atoms with Gasteiger partial charge in [-0.05, 0) is 44.7 Å². The van der Waals surface area contributed by atoms with Crippen LogP contribution in [0.15, 0.2) is 24.3 Å². The summed E-state index contributed by atoms with van der Waals surface area (Å²) in [6.45, 7) is 1.94. The molecule has 30 heavy (non-hydrogen) atoms. The van der Waals surface area contributed by atoms with Crippen LogP contribution in [0.4, 0.5) is 31.0 Å². The lowest BCUT2D eigenvalue weighted by Crippen LogP contribution is -2.45. The van der Waals surface area contributed by atoms with E-state index in [0.29, 0.717) is 11.6 Å². The van der Waals surface area contributed by atoms with E-state index in [9.17, 15) is 13.6 Å². The van der Waals surface area contributed by atoms with Crippen LogP contribution < -0.4 is 20.4 Å². The Labute approximate surface area is 175 Å². The van der Waals surface area contributed by atoms with E-state index >= 15 is 0 Å². The van der Waals surface area contributed by atoms with Crippen molar-refractivity contribution in [2.45, 2.75) is 44.7 Å². The lowest BCUT2D eigenvalue weighted by atomic mass is 9.91. The number of benzene rings is 1. The summed E-state index contributed by atoms with van der Waals surface area (Å²) in [6, 6.07) is 5.26. The third-order valence-corrected chi connectivity index (χ3v) is 5.28. The van der Waals surface area contributed by atoms with E-state index in [1.54, 1.807) is 0 Å². The molecule has 1 aliphatic rings. The molecule has 0 aliphatic heterocycles. The van der Waals surface area contributed by atoms with E-state index < -0.39 is 11.6 Å². The minimum Gasteiger partial charge on any atom is -0.363 e. The first-order valence-corrected chi connectivity index (χ1v) is 10.0. The van der Waals surface area contributed by atoms with Gasteiger partial charge in [0.1, 0.15) is 5.82 Å². The van der Waals surface area contributed by atoms with Crippen LogP contribution >= 0.6 is 0 Å². The Bertz CT molecular complexity index is 899. The zero-order chi connectivity index (χ0) is 21.8. The molecule has 9 heteroatoms. The fraction of sp³-hybridized carbons (Fsp3) is 0.476. The van der Waals surface area contributed by atoms with Crippen molar-refractivity contribution in [2.24, 2.45) is 0 Å². The summed E-state index contributed by atoms with van der Waals surface area (Å²) in [6.07, 6.45) is 3.35. The number of anilines is 3. The summed E-state index contributed by atoms with van der Waals surface area (Å²) in [5, 5.41) is 6.38. The molecule has 1 aromatic heterocycles. The maximum atomic E-state index is 13.4. The van der Waals surface area contributed by atoms with Gasteiger partial charge in [-0.3, -0.25) is 4.90 Å². The second-order valence-corrected chi connectivity index (χ2v) is 7.89. The van der Waals surface area contributed by atoms with Gasteiger partial charge in [-0.15, -0.1) is 0 Å². The fourth-order valence-electron chi connectivity index (χ4n) is 3.49. The molecule has 2 aromatic rings. The minimum absolute atomic E-state index is 0.0269. The van der Waals surface area contributed by atoms with Crippen LogP contribution in [-0.2, 0) is 0 Å². The first-order valence-electron chi connectivity index (χ1n) is 10.0. The maximum absolute atomic E-state index is 13.4. The Morgan fingerprint density at radius 3 is 2.30 bits per heavy atom. The van der Waals surface area contributed by atoms with Crippen molar-refractivity contribution in [1.29, 1.82) is 0 Å². The highest BCUT2D eigenvalue weighted by Gasteiger charge is 2.24. The molecular formula is C21H28F2N6O. The number of hydrogen-bond acceptors (Lipinski definition) is 5. The van der Waals surface area contributed by atoms with Crippen LogP contribution in [0.3, 0.4) is 0 Å². The van der Waals surface area contributed by atoms with Crippen molar-refractivity contribution in [1.82, 2.24) is 15.3 Å². The summed E-state index contributed by atoms with van der Waals surface area (Å²) < 4.78 is 26.5. The number of halogens is 2.